The Balaban J connectivity index is 2.95. The summed E-state index contributed by atoms with van der Waals surface area (Å²) in [7, 11) is 0. The summed E-state index contributed by atoms with van der Waals surface area (Å²) in [5.74, 6) is 2.52. The van der Waals surface area contributed by atoms with Gasteiger partial charge in [0.05, 0.1) is 17.9 Å². The van der Waals surface area contributed by atoms with Gasteiger partial charge in [0.2, 0.25) is 0 Å². The second-order valence-electron chi connectivity index (χ2n) is 3.60. The largest absolute Gasteiger partial charge is 0.382 e. The third-order valence-corrected chi connectivity index (χ3v) is 2.78. The van der Waals surface area contributed by atoms with E-state index >= 15 is 0 Å². The van der Waals surface area contributed by atoms with Crippen LogP contribution in [0.3, 0.4) is 0 Å². The average Bonchev–Trinajstić information content (AvgIpc) is 2.24. The van der Waals surface area contributed by atoms with Crippen molar-refractivity contribution in [3.8, 4) is 12.3 Å². The predicted molar refractivity (Wildman–Crippen MR) is 68.5 cm³/mol. The van der Waals surface area contributed by atoms with Crippen molar-refractivity contribution in [1.82, 2.24) is 9.78 Å². The molecule has 1 aromatic heterocycles. The number of nitrogens with zero attached hydrogens (tertiary/aromatic N) is 2. The van der Waals surface area contributed by atoms with Gasteiger partial charge in [-0.15, -0.1) is 12.3 Å². The molecule has 0 amide bonds. The maximum atomic E-state index is 11.8. The van der Waals surface area contributed by atoms with Gasteiger partial charge in [-0.2, -0.15) is 5.10 Å². The van der Waals surface area contributed by atoms with Crippen LogP contribution in [0.15, 0.2) is 15.5 Å². The fourth-order valence-corrected chi connectivity index (χ4v) is 1.63. The summed E-state index contributed by atoms with van der Waals surface area (Å²) in [5.41, 5.74) is 0.540. The van der Waals surface area contributed by atoms with E-state index in [1.807, 2.05) is 13.8 Å². The van der Waals surface area contributed by atoms with E-state index in [2.05, 4.69) is 32.3 Å². The number of hydrogen-bond donors (Lipinski definition) is 1. The molecule has 1 aromatic rings. The van der Waals surface area contributed by atoms with Crippen LogP contribution in [0.4, 0.5) is 5.69 Å². The Morgan fingerprint density at radius 3 is 2.94 bits per heavy atom. The van der Waals surface area contributed by atoms with Crippen molar-refractivity contribution in [2.45, 2.75) is 26.3 Å². The quantitative estimate of drug-likeness (QED) is 0.679. The Morgan fingerprint density at radius 2 is 2.38 bits per heavy atom. The summed E-state index contributed by atoms with van der Waals surface area (Å²) in [5, 5.41) is 7.13. The first-order chi connectivity index (χ1) is 7.57. The molecule has 1 N–H and O–H groups in total. The molecule has 0 fully saturated rings. The average molecular weight is 284 g/mol. The van der Waals surface area contributed by atoms with Gasteiger partial charge < -0.3 is 5.32 Å². The number of aromatic nitrogens is 2. The Hall–Kier alpha value is -1.28. The highest BCUT2D eigenvalue weighted by Gasteiger charge is 2.09. The summed E-state index contributed by atoms with van der Waals surface area (Å²) in [6.07, 6.45) is 7.38. The van der Waals surface area contributed by atoms with Crippen molar-refractivity contribution in [1.29, 1.82) is 0 Å². The maximum Gasteiger partial charge on any atom is 0.283 e. The first-order valence-electron chi connectivity index (χ1n) is 5.02. The lowest BCUT2D eigenvalue weighted by Crippen LogP contribution is -2.26. The first kappa shape index (κ1) is 12.8. The van der Waals surface area contributed by atoms with E-state index in [0.29, 0.717) is 23.1 Å². The Morgan fingerprint density at radius 1 is 1.69 bits per heavy atom. The smallest absolute Gasteiger partial charge is 0.283 e. The number of anilines is 1. The first-order valence-corrected chi connectivity index (χ1v) is 5.82. The molecule has 4 nitrogen and oxygen atoms in total. The number of nitrogens with one attached hydrogen (secondary N) is 1. The lowest BCUT2D eigenvalue weighted by molar-refractivity contribution is 0.501. The minimum atomic E-state index is -0.138. The van der Waals surface area contributed by atoms with Crippen molar-refractivity contribution in [2.75, 3.05) is 11.9 Å². The Kier molecular flexibility index (Phi) is 4.56. The number of terminal acetylenes is 1. The number of hydrogen-bond acceptors (Lipinski definition) is 3. The molecule has 0 atom stereocenters. The second kappa shape index (κ2) is 5.71. The van der Waals surface area contributed by atoms with Gasteiger partial charge in [-0.25, -0.2) is 4.68 Å². The van der Waals surface area contributed by atoms with Crippen LogP contribution in [0, 0.1) is 12.3 Å². The summed E-state index contributed by atoms with van der Waals surface area (Å²) in [6, 6.07) is 0.0450. The van der Waals surface area contributed by atoms with Gasteiger partial charge in [0.25, 0.3) is 5.56 Å². The third kappa shape index (κ3) is 2.86. The predicted octanol–water partition coefficient (Wildman–Crippen LogP) is 2.02. The molecule has 0 aliphatic carbocycles. The fourth-order valence-electron chi connectivity index (χ4n) is 1.21. The van der Waals surface area contributed by atoms with Crippen LogP contribution in [0.25, 0.3) is 0 Å². The van der Waals surface area contributed by atoms with Gasteiger partial charge in [-0.1, -0.05) is 0 Å². The molecule has 0 aromatic carbocycles. The van der Waals surface area contributed by atoms with Crippen LogP contribution in [-0.2, 0) is 0 Å². The summed E-state index contributed by atoms with van der Waals surface area (Å²) < 4.78 is 1.92. The Bertz CT molecular complexity index is 459. The van der Waals surface area contributed by atoms with E-state index in [1.165, 1.54) is 4.68 Å². The molecular formula is C11H14BrN3O. The van der Waals surface area contributed by atoms with Crippen molar-refractivity contribution in [2.24, 2.45) is 0 Å². The van der Waals surface area contributed by atoms with E-state index in [9.17, 15) is 4.79 Å². The maximum absolute atomic E-state index is 11.8. The van der Waals surface area contributed by atoms with Gasteiger partial charge in [0.15, 0.2) is 0 Å². The SMILES string of the molecule is C#CCCNc1cnn(C(C)C)c(=O)c1Br. The number of halogens is 1. The molecule has 0 saturated heterocycles. The molecule has 16 heavy (non-hydrogen) atoms. The molecular weight excluding hydrogens is 270 g/mol. The van der Waals surface area contributed by atoms with Crippen LogP contribution < -0.4 is 10.9 Å². The van der Waals surface area contributed by atoms with E-state index < -0.39 is 0 Å². The molecule has 0 bridgehead atoms. The zero-order chi connectivity index (χ0) is 12.1. The zero-order valence-corrected chi connectivity index (χ0v) is 10.9. The molecule has 1 rings (SSSR count). The van der Waals surface area contributed by atoms with Crippen LogP contribution >= 0.6 is 15.9 Å². The molecule has 0 unspecified atom stereocenters. The summed E-state index contributed by atoms with van der Waals surface area (Å²) in [6.45, 7) is 4.44. The summed E-state index contributed by atoms with van der Waals surface area (Å²) in [4.78, 5) is 11.8. The van der Waals surface area contributed by atoms with Gasteiger partial charge in [-0.3, -0.25) is 4.79 Å². The molecule has 86 valence electrons. The molecule has 0 radical (unpaired) electrons. The minimum absolute atomic E-state index is 0.0450. The van der Waals surface area contributed by atoms with E-state index in [1.54, 1.807) is 6.20 Å². The van der Waals surface area contributed by atoms with Gasteiger partial charge >= 0.3 is 0 Å². The molecule has 1 heterocycles. The normalized spacial score (nSPS) is 10.2. The lowest BCUT2D eigenvalue weighted by Gasteiger charge is -2.11. The molecule has 0 spiro atoms. The topological polar surface area (TPSA) is 46.9 Å². The molecule has 0 aliphatic heterocycles. The van der Waals surface area contributed by atoms with E-state index in [4.69, 9.17) is 6.42 Å². The zero-order valence-electron chi connectivity index (χ0n) is 9.33. The lowest BCUT2D eigenvalue weighted by atomic mass is 10.3. The van der Waals surface area contributed by atoms with Crippen molar-refractivity contribution in [3.05, 3.63) is 21.0 Å². The highest BCUT2D eigenvalue weighted by molar-refractivity contribution is 9.10. The van der Waals surface area contributed by atoms with Crippen molar-refractivity contribution in [3.63, 3.8) is 0 Å². The fraction of sp³-hybridized carbons (Fsp3) is 0.455. The van der Waals surface area contributed by atoms with Crippen molar-refractivity contribution < 1.29 is 0 Å². The second-order valence-corrected chi connectivity index (χ2v) is 4.39. The van der Waals surface area contributed by atoms with Crippen molar-refractivity contribution >= 4 is 21.6 Å². The van der Waals surface area contributed by atoms with Crippen LogP contribution in [-0.4, -0.2) is 16.3 Å². The molecule has 0 saturated carbocycles. The van der Waals surface area contributed by atoms with Gasteiger partial charge in [0, 0.05) is 13.0 Å². The molecule has 5 heteroatoms. The number of rotatable bonds is 4. The van der Waals surface area contributed by atoms with Crippen LogP contribution in [0.2, 0.25) is 0 Å². The van der Waals surface area contributed by atoms with E-state index in [0.717, 1.165) is 0 Å². The minimum Gasteiger partial charge on any atom is -0.382 e. The molecule has 0 aliphatic rings. The third-order valence-electron chi connectivity index (χ3n) is 2.02. The van der Waals surface area contributed by atoms with Crippen LogP contribution in [0.5, 0.6) is 0 Å². The Labute approximate surface area is 103 Å². The van der Waals surface area contributed by atoms with Crippen LogP contribution in [0.1, 0.15) is 26.3 Å². The monoisotopic (exact) mass is 283 g/mol. The van der Waals surface area contributed by atoms with Gasteiger partial charge in [0.1, 0.15) is 4.47 Å². The summed E-state index contributed by atoms with van der Waals surface area (Å²) >= 11 is 3.26. The highest BCUT2D eigenvalue weighted by Crippen LogP contribution is 2.16. The van der Waals surface area contributed by atoms with Gasteiger partial charge in [-0.05, 0) is 29.8 Å². The standard InChI is InChI=1S/C11H14BrN3O/c1-4-5-6-13-9-7-14-15(8(2)3)11(16)10(9)12/h1,7-8,13H,5-6H2,2-3H3. The van der Waals surface area contributed by atoms with E-state index in [-0.39, 0.29) is 11.6 Å². The highest BCUT2D eigenvalue weighted by atomic mass is 79.9.